The van der Waals surface area contributed by atoms with E-state index < -0.39 is 5.97 Å². The number of hydrogen-bond acceptors (Lipinski definition) is 4. The molecule has 1 N–H and O–H groups in total. The highest BCUT2D eigenvalue weighted by Gasteiger charge is 2.46. The lowest BCUT2D eigenvalue weighted by Crippen LogP contribution is -2.49. The minimum absolute atomic E-state index is 0.176. The number of fused-ring (bicyclic) bond motifs is 2. The molecular weight excluding hydrogens is 478 g/mol. The van der Waals surface area contributed by atoms with Gasteiger partial charge in [-0.25, -0.2) is 9.78 Å². The van der Waals surface area contributed by atoms with Gasteiger partial charge in [0.2, 0.25) is 5.43 Å². The van der Waals surface area contributed by atoms with Gasteiger partial charge in [-0.3, -0.25) is 9.59 Å². The van der Waals surface area contributed by atoms with Gasteiger partial charge in [-0.15, -0.1) is 0 Å². The Hall–Kier alpha value is -4.00. The topological polar surface area (TPSA) is 92.5 Å². The monoisotopic (exact) mass is 511 g/mol. The molecule has 2 aliphatic rings. The van der Waals surface area contributed by atoms with Crippen LogP contribution in [0.1, 0.15) is 66.1 Å². The lowest BCUT2D eigenvalue weighted by molar-refractivity contribution is 0.0677. The highest BCUT2D eigenvalue weighted by Crippen LogP contribution is 2.55. The van der Waals surface area contributed by atoms with Crippen LogP contribution >= 0.6 is 0 Å². The molecule has 7 nitrogen and oxygen atoms in total. The van der Waals surface area contributed by atoms with Gasteiger partial charge in [0.25, 0.3) is 5.91 Å². The number of carbonyl (C=O) groups is 2. The van der Waals surface area contributed by atoms with Crippen molar-refractivity contribution in [3.05, 3.63) is 92.9 Å². The molecule has 0 saturated heterocycles. The summed E-state index contributed by atoms with van der Waals surface area (Å²) in [6, 6.07) is 10.6. The van der Waals surface area contributed by atoms with Crippen LogP contribution in [0.4, 0.5) is 0 Å². The predicted octanol–water partition coefficient (Wildman–Crippen LogP) is 5.33. The zero-order valence-electron chi connectivity index (χ0n) is 22.5. The van der Waals surface area contributed by atoms with Crippen LogP contribution in [0.25, 0.3) is 16.6 Å². The van der Waals surface area contributed by atoms with Crippen molar-refractivity contribution in [2.75, 3.05) is 13.1 Å². The summed E-state index contributed by atoms with van der Waals surface area (Å²) in [4.78, 5) is 44.7. The number of carboxylic acid groups (broad SMARTS) is 1. The summed E-state index contributed by atoms with van der Waals surface area (Å²) in [6.07, 6.45) is 6.76. The second kappa shape index (κ2) is 9.08. The van der Waals surface area contributed by atoms with Crippen LogP contribution in [0.5, 0.6) is 0 Å². The third-order valence-corrected chi connectivity index (χ3v) is 8.17. The van der Waals surface area contributed by atoms with Gasteiger partial charge in [0.15, 0.2) is 0 Å². The maximum Gasteiger partial charge on any atom is 0.335 e. The third kappa shape index (κ3) is 4.06. The van der Waals surface area contributed by atoms with Crippen LogP contribution in [-0.4, -0.2) is 44.5 Å². The SMILES string of the molecule is CCn1cc(C(=O)N2CC=C3C(C)(C)C(c4ccc(C(=O)O)cc4)=CC[C@]3(C)C2)c(=O)c2ccc(C)nc21. The molecule has 38 heavy (non-hydrogen) atoms. The number of amides is 1. The smallest absolute Gasteiger partial charge is 0.335 e. The molecule has 0 saturated carbocycles. The maximum absolute atomic E-state index is 13.7. The van der Waals surface area contributed by atoms with Gasteiger partial charge in [-0.1, -0.05) is 50.6 Å². The minimum atomic E-state index is -0.941. The van der Waals surface area contributed by atoms with E-state index in [9.17, 15) is 19.5 Å². The summed E-state index contributed by atoms with van der Waals surface area (Å²) in [6.45, 7) is 11.9. The molecule has 0 bridgehead atoms. The van der Waals surface area contributed by atoms with Crippen molar-refractivity contribution in [1.29, 1.82) is 0 Å². The molecular formula is C31H33N3O4. The summed E-state index contributed by atoms with van der Waals surface area (Å²) < 4.78 is 1.87. The number of carbonyl (C=O) groups excluding carboxylic acids is 1. The summed E-state index contributed by atoms with van der Waals surface area (Å²) in [5, 5.41) is 9.72. The van der Waals surface area contributed by atoms with Crippen molar-refractivity contribution >= 4 is 28.5 Å². The average molecular weight is 512 g/mol. The van der Waals surface area contributed by atoms with Crippen LogP contribution in [0.15, 0.2) is 65.1 Å². The normalized spacial score (nSPS) is 20.5. The summed E-state index contributed by atoms with van der Waals surface area (Å²) in [5.74, 6) is -1.20. The van der Waals surface area contributed by atoms with E-state index in [1.165, 1.54) is 5.57 Å². The first-order valence-electron chi connectivity index (χ1n) is 13.0. The number of hydrogen-bond donors (Lipinski definition) is 1. The van der Waals surface area contributed by atoms with Crippen molar-refractivity contribution in [2.45, 2.75) is 47.6 Å². The molecule has 3 aromatic rings. The van der Waals surface area contributed by atoms with Gasteiger partial charge < -0.3 is 14.6 Å². The van der Waals surface area contributed by atoms with Gasteiger partial charge in [-0.2, -0.15) is 0 Å². The summed E-state index contributed by atoms with van der Waals surface area (Å²) in [7, 11) is 0. The lowest BCUT2D eigenvalue weighted by atomic mass is 9.58. The quantitative estimate of drug-likeness (QED) is 0.478. The fraction of sp³-hybridized carbons (Fsp3) is 0.355. The van der Waals surface area contributed by atoms with E-state index in [1.807, 2.05) is 30.5 Å². The zero-order valence-corrected chi connectivity index (χ0v) is 22.5. The number of nitrogens with zero attached hydrogens (tertiary/aromatic N) is 3. The van der Waals surface area contributed by atoms with E-state index in [0.29, 0.717) is 30.7 Å². The molecule has 3 heterocycles. The summed E-state index contributed by atoms with van der Waals surface area (Å²) in [5.41, 5.74) is 4.43. The largest absolute Gasteiger partial charge is 0.478 e. The molecule has 1 aliphatic heterocycles. The molecule has 0 fully saturated rings. The molecule has 1 amide bonds. The van der Waals surface area contributed by atoms with Gasteiger partial charge in [0.05, 0.1) is 10.9 Å². The van der Waals surface area contributed by atoms with Crippen molar-refractivity contribution in [3.63, 3.8) is 0 Å². The van der Waals surface area contributed by atoms with E-state index in [0.717, 1.165) is 23.3 Å². The molecule has 1 aliphatic carbocycles. The fourth-order valence-electron chi connectivity index (χ4n) is 6.28. The van der Waals surface area contributed by atoms with Crippen molar-refractivity contribution in [2.24, 2.45) is 10.8 Å². The summed E-state index contributed by atoms with van der Waals surface area (Å²) >= 11 is 0. The number of rotatable bonds is 4. The Morgan fingerprint density at radius 1 is 1.05 bits per heavy atom. The number of pyridine rings is 2. The Morgan fingerprint density at radius 3 is 2.42 bits per heavy atom. The van der Waals surface area contributed by atoms with E-state index in [4.69, 9.17) is 0 Å². The number of aromatic carboxylic acids is 1. The first-order chi connectivity index (χ1) is 18.0. The minimum Gasteiger partial charge on any atom is -0.478 e. The Kier molecular flexibility index (Phi) is 6.13. The van der Waals surface area contributed by atoms with E-state index in [-0.39, 0.29) is 33.3 Å². The Balaban J connectivity index is 1.48. The Labute approximate surface area is 222 Å². The van der Waals surface area contributed by atoms with Crippen LogP contribution in [0, 0.1) is 17.8 Å². The van der Waals surface area contributed by atoms with Gasteiger partial charge in [0.1, 0.15) is 11.2 Å². The standard InChI is InChI=1S/C31H33N3O4/c1-6-33-17-23(26(35)22-12-7-19(2)32-27(22)33)28(36)34-16-14-25-30(3,4)24(13-15-31(25,5)18-34)20-8-10-21(11-9-20)29(37)38/h7-14,17H,6,15-16,18H2,1-5H3,(H,37,38)/t31-/m1/s1. The van der Waals surface area contributed by atoms with Crippen molar-refractivity contribution in [3.8, 4) is 0 Å². The highest BCUT2D eigenvalue weighted by molar-refractivity contribution is 5.97. The number of aromatic nitrogens is 2. The Morgan fingerprint density at radius 2 is 1.76 bits per heavy atom. The second-order valence-electron chi connectivity index (χ2n) is 11.2. The molecule has 0 radical (unpaired) electrons. The zero-order chi connectivity index (χ0) is 27.4. The van der Waals surface area contributed by atoms with E-state index in [1.54, 1.807) is 35.4 Å². The molecule has 2 aromatic heterocycles. The Bertz CT molecular complexity index is 1590. The number of allylic oxidation sites excluding steroid dienone is 2. The number of aryl methyl sites for hydroxylation is 2. The van der Waals surface area contributed by atoms with E-state index in [2.05, 4.69) is 37.9 Å². The van der Waals surface area contributed by atoms with Crippen LogP contribution < -0.4 is 5.43 Å². The molecule has 5 rings (SSSR count). The van der Waals surface area contributed by atoms with Gasteiger partial charge in [-0.05, 0) is 55.7 Å². The molecule has 196 valence electrons. The second-order valence-corrected chi connectivity index (χ2v) is 11.2. The van der Waals surface area contributed by atoms with Crippen LogP contribution in [-0.2, 0) is 6.54 Å². The number of benzene rings is 1. The van der Waals surface area contributed by atoms with Crippen molar-refractivity contribution < 1.29 is 14.7 Å². The fourth-order valence-corrected chi connectivity index (χ4v) is 6.28. The molecule has 7 heteroatoms. The average Bonchev–Trinajstić information content (AvgIpc) is 2.88. The first kappa shape index (κ1) is 25.6. The van der Waals surface area contributed by atoms with Gasteiger partial charge in [0, 0.05) is 42.4 Å². The highest BCUT2D eigenvalue weighted by atomic mass is 16.4. The van der Waals surface area contributed by atoms with Crippen molar-refractivity contribution in [1.82, 2.24) is 14.5 Å². The molecule has 1 aromatic carbocycles. The maximum atomic E-state index is 13.7. The first-order valence-corrected chi connectivity index (χ1v) is 13.0. The van der Waals surface area contributed by atoms with E-state index >= 15 is 0 Å². The number of carboxylic acids is 1. The van der Waals surface area contributed by atoms with Crippen LogP contribution in [0.3, 0.4) is 0 Å². The molecule has 0 unspecified atom stereocenters. The van der Waals surface area contributed by atoms with Crippen LogP contribution in [0.2, 0.25) is 0 Å². The predicted molar refractivity (Wildman–Crippen MR) is 148 cm³/mol. The lowest BCUT2D eigenvalue weighted by Gasteiger charge is -2.50. The van der Waals surface area contributed by atoms with Gasteiger partial charge >= 0.3 is 5.97 Å². The molecule has 1 atom stereocenters. The third-order valence-electron chi connectivity index (χ3n) is 8.17. The molecule has 0 spiro atoms.